The zero-order valence-corrected chi connectivity index (χ0v) is 11.5. The van der Waals surface area contributed by atoms with Crippen LogP contribution in [0, 0.1) is 4.64 Å². The topological polar surface area (TPSA) is 28.7 Å². The van der Waals surface area contributed by atoms with Crippen LogP contribution in [-0.2, 0) is 5.75 Å². The molecule has 2 rings (SSSR count). The van der Waals surface area contributed by atoms with Crippen LogP contribution in [0.15, 0.2) is 45.9 Å². The van der Waals surface area contributed by atoms with E-state index in [1.165, 1.54) is 4.90 Å². The van der Waals surface area contributed by atoms with Crippen LogP contribution < -0.4 is 0 Å². The van der Waals surface area contributed by atoms with Crippen molar-refractivity contribution in [3.63, 3.8) is 0 Å². The Morgan fingerprint density at radius 2 is 2.25 bits per heavy atom. The minimum absolute atomic E-state index is 0.722. The number of aromatic nitrogens is 2. The molecule has 0 bridgehead atoms. The molecule has 0 aliphatic rings. The van der Waals surface area contributed by atoms with Gasteiger partial charge in [0.05, 0.1) is 5.75 Å². The van der Waals surface area contributed by atoms with E-state index in [2.05, 4.69) is 38.0 Å². The maximum Gasteiger partial charge on any atom is 0.117 e. The number of aromatic amines is 1. The summed E-state index contributed by atoms with van der Waals surface area (Å²) in [5.74, 6) is 1.69. The van der Waals surface area contributed by atoms with Crippen LogP contribution in [0.5, 0.6) is 0 Å². The fraction of sp³-hybridized carbons (Fsp3) is 0.0909. The summed E-state index contributed by atoms with van der Waals surface area (Å²) in [5, 5.41) is 0. The Labute approximate surface area is 112 Å². The van der Waals surface area contributed by atoms with Gasteiger partial charge in [0.15, 0.2) is 0 Å². The number of benzene rings is 1. The van der Waals surface area contributed by atoms with Gasteiger partial charge in [-0.3, -0.25) is 0 Å². The first-order chi connectivity index (χ1) is 7.74. The first kappa shape index (κ1) is 11.8. The van der Waals surface area contributed by atoms with Crippen LogP contribution in [0.2, 0.25) is 0 Å². The lowest BCUT2D eigenvalue weighted by Gasteiger charge is -2.01. The highest BCUT2D eigenvalue weighted by molar-refractivity contribution is 9.10. The monoisotopic (exact) mass is 312 g/mol. The van der Waals surface area contributed by atoms with Crippen molar-refractivity contribution >= 4 is 39.9 Å². The van der Waals surface area contributed by atoms with Crippen molar-refractivity contribution < 1.29 is 0 Å². The summed E-state index contributed by atoms with van der Waals surface area (Å²) in [6, 6.07) is 9.98. The van der Waals surface area contributed by atoms with Crippen LogP contribution in [0.3, 0.4) is 0 Å². The second-order valence-corrected chi connectivity index (χ2v) is 5.53. The van der Waals surface area contributed by atoms with Crippen molar-refractivity contribution in [2.75, 3.05) is 0 Å². The van der Waals surface area contributed by atoms with E-state index < -0.39 is 0 Å². The van der Waals surface area contributed by atoms with E-state index in [9.17, 15) is 0 Å². The van der Waals surface area contributed by atoms with Crippen LogP contribution in [0.25, 0.3) is 0 Å². The van der Waals surface area contributed by atoms with E-state index in [-0.39, 0.29) is 0 Å². The van der Waals surface area contributed by atoms with Crippen molar-refractivity contribution in [2.24, 2.45) is 0 Å². The van der Waals surface area contributed by atoms with Crippen molar-refractivity contribution in [3.8, 4) is 0 Å². The smallest absolute Gasteiger partial charge is 0.117 e. The molecule has 16 heavy (non-hydrogen) atoms. The molecule has 2 aromatic rings. The molecule has 0 unspecified atom stereocenters. The highest BCUT2D eigenvalue weighted by Crippen LogP contribution is 2.24. The van der Waals surface area contributed by atoms with Gasteiger partial charge >= 0.3 is 0 Å². The fourth-order valence-electron chi connectivity index (χ4n) is 1.19. The maximum absolute atomic E-state index is 5.04. The minimum atomic E-state index is 0.722. The van der Waals surface area contributed by atoms with Crippen LogP contribution in [-0.4, -0.2) is 9.97 Å². The molecule has 0 spiro atoms. The molecule has 1 heterocycles. The van der Waals surface area contributed by atoms with Crippen LogP contribution >= 0.6 is 39.9 Å². The van der Waals surface area contributed by atoms with Crippen molar-refractivity contribution in [1.82, 2.24) is 9.97 Å². The molecule has 1 N–H and O–H groups in total. The molecule has 5 heteroatoms. The molecule has 0 aliphatic heterocycles. The highest BCUT2D eigenvalue weighted by Gasteiger charge is 1.98. The predicted molar refractivity (Wildman–Crippen MR) is 73.1 cm³/mol. The van der Waals surface area contributed by atoms with Gasteiger partial charge in [0, 0.05) is 15.6 Å². The molecule has 0 saturated carbocycles. The molecule has 82 valence electrons. The zero-order chi connectivity index (χ0) is 11.4. The summed E-state index contributed by atoms with van der Waals surface area (Å²) in [7, 11) is 0. The van der Waals surface area contributed by atoms with Gasteiger partial charge in [0.25, 0.3) is 0 Å². The third kappa shape index (κ3) is 3.43. The number of nitrogens with zero attached hydrogens (tertiary/aromatic N) is 1. The highest BCUT2D eigenvalue weighted by atomic mass is 79.9. The normalized spacial score (nSPS) is 10.3. The molecule has 0 atom stereocenters. The number of hydrogen-bond donors (Lipinski definition) is 1. The van der Waals surface area contributed by atoms with Gasteiger partial charge in [-0.25, -0.2) is 4.98 Å². The largest absolute Gasteiger partial charge is 0.334 e. The van der Waals surface area contributed by atoms with E-state index >= 15 is 0 Å². The Bertz CT molecular complexity index is 539. The summed E-state index contributed by atoms with van der Waals surface area (Å²) in [5.41, 5.74) is 0. The number of H-pyrrole nitrogens is 1. The number of hydrogen-bond acceptors (Lipinski definition) is 3. The third-order valence-corrected chi connectivity index (χ3v) is 3.63. The van der Waals surface area contributed by atoms with Gasteiger partial charge < -0.3 is 4.98 Å². The Morgan fingerprint density at radius 3 is 3.00 bits per heavy atom. The van der Waals surface area contributed by atoms with Crippen molar-refractivity contribution in [3.05, 3.63) is 51.5 Å². The lowest BCUT2D eigenvalue weighted by atomic mass is 10.4. The van der Waals surface area contributed by atoms with E-state index in [1.807, 2.05) is 12.1 Å². The van der Waals surface area contributed by atoms with E-state index in [1.54, 1.807) is 24.0 Å². The number of halogens is 1. The third-order valence-electron chi connectivity index (χ3n) is 1.90. The molecular weight excluding hydrogens is 304 g/mol. The Hall–Kier alpha value is -0.650. The molecule has 0 saturated heterocycles. The van der Waals surface area contributed by atoms with Crippen molar-refractivity contribution in [2.45, 2.75) is 10.6 Å². The molecule has 0 radical (unpaired) electrons. The Morgan fingerprint density at radius 1 is 1.38 bits per heavy atom. The quantitative estimate of drug-likeness (QED) is 0.680. The van der Waals surface area contributed by atoms with Gasteiger partial charge in [-0.15, -0.1) is 11.8 Å². The molecule has 1 aromatic carbocycles. The summed E-state index contributed by atoms with van der Waals surface area (Å²) >= 11 is 10.2. The van der Waals surface area contributed by atoms with Gasteiger partial charge in [-0.2, -0.15) is 0 Å². The average Bonchev–Trinajstić information content (AvgIpc) is 2.27. The fourth-order valence-corrected chi connectivity index (χ4v) is 2.76. The predicted octanol–water partition coefficient (Wildman–Crippen LogP) is 4.19. The standard InChI is InChI=1S/C11H9BrN2S2/c12-8-2-1-3-9(6-8)16-7-10-13-5-4-11(15)14-10/h1-6H,7H2,(H,13,14,15). The Balaban J connectivity index is 2.05. The molecule has 0 amide bonds. The summed E-state index contributed by atoms with van der Waals surface area (Å²) in [4.78, 5) is 8.49. The van der Waals surface area contributed by atoms with E-state index in [0.717, 1.165) is 20.7 Å². The summed E-state index contributed by atoms with van der Waals surface area (Å²) in [6.45, 7) is 0. The molecular formula is C11H9BrN2S2. The Kier molecular flexibility index (Phi) is 4.15. The molecule has 1 aromatic heterocycles. The van der Waals surface area contributed by atoms with E-state index in [4.69, 9.17) is 12.2 Å². The second-order valence-electron chi connectivity index (χ2n) is 3.13. The van der Waals surface area contributed by atoms with Crippen LogP contribution in [0.4, 0.5) is 0 Å². The van der Waals surface area contributed by atoms with Gasteiger partial charge in [-0.1, -0.05) is 34.2 Å². The number of rotatable bonds is 3. The van der Waals surface area contributed by atoms with Gasteiger partial charge in [0.1, 0.15) is 10.5 Å². The van der Waals surface area contributed by atoms with Crippen LogP contribution in [0.1, 0.15) is 5.82 Å². The summed E-state index contributed by atoms with van der Waals surface area (Å²) < 4.78 is 1.81. The second kappa shape index (κ2) is 5.61. The van der Waals surface area contributed by atoms with E-state index in [0.29, 0.717) is 0 Å². The summed E-state index contributed by atoms with van der Waals surface area (Å²) in [6.07, 6.45) is 1.73. The molecule has 0 aliphatic carbocycles. The lowest BCUT2D eigenvalue weighted by molar-refractivity contribution is 1.02. The number of thioether (sulfide) groups is 1. The molecule has 0 fully saturated rings. The van der Waals surface area contributed by atoms with Gasteiger partial charge in [-0.05, 0) is 24.3 Å². The molecule has 2 nitrogen and oxygen atoms in total. The van der Waals surface area contributed by atoms with Gasteiger partial charge in [0.2, 0.25) is 0 Å². The maximum atomic E-state index is 5.04. The first-order valence-corrected chi connectivity index (χ1v) is 6.85. The lowest BCUT2D eigenvalue weighted by Crippen LogP contribution is -1.91. The SMILES string of the molecule is S=c1ccnc(CSc2cccc(Br)c2)[nH]1. The minimum Gasteiger partial charge on any atom is -0.334 e. The van der Waals surface area contributed by atoms with Crippen molar-refractivity contribution in [1.29, 1.82) is 0 Å². The number of nitrogens with one attached hydrogen (secondary N) is 1. The zero-order valence-electron chi connectivity index (χ0n) is 8.31. The average molecular weight is 313 g/mol. The first-order valence-electron chi connectivity index (χ1n) is 4.66.